The van der Waals surface area contributed by atoms with Crippen LogP contribution in [0, 0.1) is 37.2 Å². The summed E-state index contributed by atoms with van der Waals surface area (Å²) in [6.45, 7) is 7.17. The van der Waals surface area contributed by atoms with Crippen molar-refractivity contribution in [3.63, 3.8) is 0 Å². The average Bonchev–Trinajstić information content (AvgIpc) is 0.864. The number of anilines is 5. The fourth-order valence-electron chi connectivity index (χ4n) is 10.4. The van der Waals surface area contributed by atoms with Gasteiger partial charge < -0.3 is 25.3 Å². The van der Waals surface area contributed by atoms with E-state index in [1.165, 1.54) is 67.3 Å². The molecule has 3 amide bonds. The summed E-state index contributed by atoms with van der Waals surface area (Å²) in [4.78, 5) is 66.7. The van der Waals surface area contributed by atoms with Gasteiger partial charge in [0.15, 0.2) is 31.5 Å². The standard InChI is InChI=1S/C68H72N20O12S4/c1-46-23-33-58(104(96,97)77-55-31-27-53(28-32-55)74-82-100-62(91)43-85-67(101)87(80-78-85)56-19-9-7-10-20-56)48(3)63(46)71-60(89)41-83-37-15-17-50(39-83)44-99-70-36-14-6-5-13-35-69-65(92)51-18-16-38-84(40-51)42-61(90)72-64-47(2)24-34-59(49(64)4)103(94,95)76-54-29-25-52(26-30-54)73-75-66(93)98-45-86-68(102)88(81-79-86)57-21-11-8-12-22-57/h7-12,15-34,37-40,70H,5-6,13-14,35-36,41-45H2,1-4H3,(H7-2,69,71,72,73,74,75,76,77,78,79,80,81,82,89,90,92,93)/p+2. The Labute approximate surface area is 607 Å². The number of para-hydroxylation sites is 2. The lowest BCUT2D eigenvalue weighted by Crippen LogP contribution is -2.41. The topological polar surface area (TPSA) is 384 Å². The van der Waals surface area contributed by atoms with Crippen LogP contribution in [0.25, 0.3) is 11.4 Å². The molecule has 0 radical (unpaired) electrons. The molecule has 0 spiro atoms. The van der Waals surface area contributed by atoms with Gasteiger partial charge in [-0.25, -0.2) is 47.0 Å². The van der Waals surface area contributed by atoms with Crippen LogP contribution in [0.4, 0.5) is 38.9 Å². The number of amides is 3. The summed E-state index contributed by atoms with van der Waals surface area (Å²) in [5, 5.41) is 32.8. The van der Waals surface area contributed by atoms with E-state index in [0.29, 0.717) is 75.0 Å². The molecule has 10 rings (SSSR count). The number of tetrazole rings is 2. The summed E-state index contributed by atoms with van der Waals surface area (Å²) >= 11 is 10.8. The Morgan fingerprint density at radius 2 is 1.14 bits per heavy atom. The molecule has 0 aliphatic heterocycles. The molecule has 0 unspecified atom stereocenters. The van der Waals surface area contributed by atoms with Crippen LogP contribution in [-0.4, -0.2) is 104 Å². The smallest absolute Gasteiger partial charge is 0.427 e. The largest absolute Gasteiger partial charge is 0.492 e. The highest BCUT2D eigenvalue weighted by atomic mass is 32.2. The van der Waals surface area contributed by atoms with E-state index < -0.39 is 38.0 Å². The Morgan fingerprint density at radius 1 is 0.587 bits per heavy atom. The van der Waals surface area contributed by atoms with Crippen molar-refractivity contribution in [3.8, 4) is 11.4 Å². The van der Waals surface area contributed by atoms with Crippen molar-refractivity contribution >= 4 is 108 Å². The van der Waals surface area contributed by atoms with Gasteiger partial charge in [-0.15, -0.1) is 0 Å². The van der Waals surface area contributed by atoms with Gasteiger partial charge in [0.25, 0.3) is 37.8 Å². The maximum atomic E-state index is 13.7. The highest BCUT2D eigenvalue weighted by Gasteiger charge is 2.25. The molecule has 0 aliphatic rings. The number of sulfonamides is 2. The molecular formula is C68H74N20O12S4+2. The van der Waals surface area contributed by atoms with Crippen molar-refractivity contribution in [3.05, 3.63) is 225 Å². The van der Waals surface area contributed by atoms with Crippen LogP contribution in [-0.2, 0) is 77.0 Å². The number of hydrogen-bond acceptors (Lipinski definition) is 22. The third kappa shape index (κ3) is 20.5. The number of nitrogens with zero attached hydrogens (tertiary/aromatic N) is 11. The second-order valence-corrected chi connectivity index (χ2v) is 27.4. The zero-order valence-electron chi connectivity index (χ0n) is 56.6. The number of benzene rings is 6. The second kappa shape index (κ2) is 35.3. The average molecular weight is 1490 g/mol. The molecule has 0 bridgehead atoms. The molecular weight excluding hydrogens is 1420 g/mol. The number of aryl methyl sites for hydroxylation is 2. The number of ether oxygens (including phenoxy) is 1. The second-order valence-electron chi connectivity index (χ2n) is 23.4. The number of carbonyl (C=O) groups is 4. The van der Waals surface area contributed by atoms with Crippen molar-refractivity contribution in [1.29, 1.82) is 0 Å². The van der Waals surface area contributed by atoms with Crippen LogP contribution in [0.2, 0.25) is 0 Å². The minimum atomic E-state index is -4.16. The van der Waals surface area contributed by atoms with Gasteiger partial charge in [0.2, 0.25) is 22.6 Å². The zero-order chi connectivity index (χ0) is 73.8. The highest BCUT2D eigenvalue weighted by Crippen LogP contribution is 2.32. The van der Waals surface area contributed by atoms with Crippen molar-refractivity contribution in [2.24, 2.45) is 4.99 Å². The summed E-state index contributed by atoms with van der Waals surface area (Å²) in [6, 6.07) is 43.6. The Kier molecular flexibility index (Phi) is 25.4. The minimum absolute atomic E-state index is 0.0110. The Balaban J connectivity index is 0.593. The summed E-state index contributed by atoms with van der Waals surface area (Å²) in [5.41, 5.74) is 19.6. The highest BCUT2D eigenvalue weighted by molar-refractivity contribution is 7.93. The number of hydrogen-bond donors (Lipinski definition) is 10. The number of unbranched alkanes of at least 4 members (excludes halogenated alkanes) is 3. The summed E-state index contributed by atoms with van der Waals surface area (Å²) in [6.07, 6.45) is 9.20. The molecule has 0 saturated carbocycles. The van der Waals surface area contributed by atoms with Gasteiger partial charge in [0, 0.05) is 47.8 Å². The number of hydroxylamine groups is 1. The first-order valence-electron chi connectivity index (χ1n) is 32.3. The number of nitrogens with one attached hydrogen (secondary N) is 9. The molecule has 4 aromatic heterocycles. The van der Waals surface area contributed by atoms with E-state index in [9.17, 15) is 41.1 Å². The first kappa shape index (κ1) is 75.0. The molecule has 10 N–H and O–H groups in total. The predicted octanol–water partition coefficient (Wildman–Crippen LogP) is 8.04. The van der Waals surface area contributed by atoms with Gasteiger partial charge >= 0.3 is 12.1 Å². The summed E-state index contributed by atoms with van der Waals surface area (Å²) < 4.78 is 74.3. The summed E-state index contributed by atoms with van der Waals surface area (Å²) in [5.74, 6) is -1.72. The first-order chi connectivity index (χ1) is 50.1. The molecule has 36 heteroatoms. The van der Waals surface area contributed by atoms with Crippen molar-refractivity contribution in [1.82, 2.24) is 61.4 Å². The number of carbonyl (C=O) groups excluding carboxylic acids is 4. The van der Waals surface area contributed by atoms with Gasteiger partial charge in [-0.3, -0.25) is 34.7 Å². The monoisotopic (exact) mass is 1490 g/mol. The molecule has 4 heterocycles. The van der Waals surface area contributed by atoms with E-state index in [2.05, 4.69) is 73.3 Å². The number of hydrazine groups is 2. The Morgan fingerprint density at radius 3 is 1.79 bits per heavy atom. The maximum absolute atomic E-state index is 13.7. The van der Waals surface area contributed by atoms with Crippen LogP contribution in [0.3, 0.4) is 0 Å². The molecule has 0 fully saturated rings. The van der Waals surface area contributed by atoms with Crippen molar-refractivity contribution in [2.45, 2.75) is 96.1 Å². The molecule has 10 aromatic rings. The molecule has 32 nitrogen and oxygen atoms in total. The van der Waals surface area contributed by atoms with E-state index in [1.54, 1.807) is 122 Å². The summed E-state index contributed by atoms with van der Waals surface area (Å²) in [7, 11) is -8.29. The maximum Gasteiger partial charge on any atom is 0.427 e. The molecule has 0 saturated heterocycles. The van der Waals surface area contributed by atoms with Gasteiger partial charge in [-0.2, -0.15) is 23.2 Å². The van der Waals surface area contributed by atoms with Crippen LogP contribution in [0.5, 0.6) is 0 Å². The van der Waals surface area contributed by atoms with Gasteiger partial charge in [0.05, 0.1) is 44.8 Å². The molecule has 0 aliphatic carbocycles. The van der Waals surface area contributed by atoms with Crippen molar-refractivity contribution in [2.75, 3.05) is 38.7 Å². The predicted molar refractivity (Wildman–Crippen MR) is 388 cm³/mol. The van der Waals surface area contributed by atoms with E-state index in [4.69, 9.17) is 38.8 Å². The lowest BCUT2D eigenvalue weighted by atomic mass is 10.1. The number of pyridine rings is 2. The van der Waals surface area contributed by atoms with Crippen LogP contribution in [0.15, 0.2) is 197 Å². The van der Waals surface area contributed by atoms with Crippen LogP contribution >= 0.6 is 24.4 Å². The molecule has 0 atom stereocenters. The fraction of sp³-hybridized carbons (Fsp3) is 0.221. The third-order valence-electron chi connectivity index (χ3n) is 15.6. The number of aliphatic hydroxyl groups is 1. The first-order valence-corrected chi connectivity index (χ1v) is 36.0. The van der Waals surface area contributed by atoms with Gasteiger partial charge in [-0.05, 0) is 205 Å². The van der Waals surface area contributed by atoms with E-state index in [1.807, 2.05) is 48.5 Å². The SMILES string of the molecule is Cc1ccc(S(=O)(=O)Nc2ccc(NNOC(=O)Cn3nnn(-c4ccccc4)c3=S)cc2)c(C)c1N=C(O)C[n+]1cccc(CONCCCCCCNC(=O)c2ccc[n+](CC(=O)Nc3c(C)ccc(S(=O)(=O)Nc4ccc(NNC(=O)OCn5nnn(-c6ccccc6)c5=S)cc4)c3C)c2)c1. The van der Waals surface area contributed by atoms with E-state index in [0.717, 1.165) is 31.2 Å². The lowest BCUT2D eigenvalue weighted by molar-refractivity contribution is -0.684. The number of aromatic nitrogens is 10. The molecule has 6 aromatic carbocycles. The van der Waals surface area contributed by atoms with E-state index in [-0.39, 0.29) is 75.5 Å². The quantitative estimate of drug-likeness (QED) is 0.00455. The Bertz CT molecular complexity index is 5100. The zero-order valence-corrected chi connectivity index (χ0v) is 59.9. The van der Waals surface area contributed by atoms with Gasteiger partial charge in [0.1, 0.15) is 12.1 Å². The molecule has 540 valence electrons. The van der Waals surface area contributed by atoms with E-state index >= 15 is 0 Å². The molecule has 104 heavy (non-hydrogen) atoms. The fourth-order valence-corrected chi connectivity index (χ4v) is 13.5. The number of aliphatic hydroxyl groups excluding tert-OH is 1. The third-order valence-corrected chi connectivity index (χ3v) is 19.5. The number of rotatable bonds is 34. The normalized spacial score (nSPS) is 11.5. The van der Waals surface area contributed by atoms with Crippen LogP contribution < -0.4 is 56.6 Å². The van der Waals surface area contributed by atoms with Crippen molar-refractivity contribution < 1.29 is 64.7 Å². The lowest BCUT2D eigenvalue weighted by Gasteiger charge is -2.16. The number of aliphatic imine (C=N–C) groups is 1. The Hall–Kier alpha value is -11.7. The van der Waals surface area contributed by atoms with Crippen LogP contribution in [0.1, 0.15) is 63.9 Å². The van der Waals surface area contributed by atoms with Gasteiger partial charge in [-0.1, -0.05) is 67.0 Å². The minimum Gasteiger partial charge on any atom is -0.492 e.